The van der Waals surface area contributed by atoms with E-state index in [1.807, 2.05) is 61.5 Å². The lowest BCUT2D eigenvalue weighted by molar-refractivity contribution is -0.113. The maximum Gasteiger partial charge on any atom is 0.272 e. The van der Waals surface area contributed by atoms with Crippen molar-refractivity contribution in [1.82, 2.24) is 5.32 Å². The van der Waals surface area contributed by atoms with Crippen LogP contribution in [0, 0.1) is 6.92 Å². The van der Waals surface area contributed by atoms with Gasteiger partial charge in [-0.1, -0.05) is 71.8 Å². The summed E-state index contributed by atoms with van der Waals surface area (Å²) in [6.45, 7) is 1.95. The number of hydrogen-bond donors (Lipinski definition) is 2. The van der Waals surface area contributed by atoms with Gasteiger partial charge in [-0.3, -0.25) is 9.59 Å². The van der Waals surface area contributed by atoms with Crippen LogP contribution in [0.1, 0.15) is 21.5 Å². The van der Waals surface area contributed by atoms with Gasteiger partial charge < -0.3 is 10.6 Å². The first-order chi connectivity index (χ1) is 15.5. The minimum absolute atomic E-state index is 0.141. The van der Waals surface area contributed by atoms with Crippen molar-refractivity contribution in [3.8, 4) is 0 Å². The number of anilines is 1. The van der Waals surface area contributed by atoms with E-state index in [1.165, 1.54) is 0 Å². The molecule has 0 spiro atoms. The fourth-order valence-electron chi connectivity index (χ4n) is 3.32. The van der Waals surface area contributed by atoms with E-state index in [2.05, 4.69) is 10.6 Å². The van der Waals surface area contributed by atoms with E-state index in [0.29, 0.717) is 16.3 Å². The maximum absolute atomic E-state index is 13.1. The van der Waals surface area contributed by atoms with Crippen LogP contribution in [0.15, 0.2) is 96.7 Å². The Morgan fingerprint density at radius 2 is 1.50 bits per heavy atom. The Bertz CT molecular complexity index is 1300. The Balaban J connectivity index is 1.70. The molecule has 158 valence electrons. The van der Waals surface area contributed by atoms with E-state index in [0.717, 1.165) is 21.9 Å². The first kappa shape index (κ1) is 21.3. The van der Waals surface area contributed by atoms with E-state index < -0.39 is 5.91 Å². The van der Waals surface area contributed by atoms with Gasteiger partial charge in [-0.05, 0) is 65.7 Å². The highest BCUT2D eigenvalue weighted by Gasteiger charge is 2.16. The summed E-state index contributed by atoms with van der Waals surface area (Å²) in [5.74, 6) is -0.788. The molecule has 4 aromatic rings. The number of aryl methyl sites for hydroxylation is 1. The molecule has 32 heavy (non-hydrogen) atoms. The van der Waals surface area contributed by atoms with E-state index in [-0.39, 0.29) is 11.6 Å². The molecule has 0 aliphatic heterocycles. The molecule has 0 aliphatic rings. The highest BCUT2D eigenvalue weighted by molar-refractivity contribution is 6.30. The smallest absolute Gasteiger partial charge is 0.272 e. The molecule has 0 fully saturated rings. The molecule has 2 amide bonds. The maximum atomic E-state index is 13.1. The van der Waals surface area contributed by atoms with Crippen LogP contribution in [-0.2, 0) is 4.79 Å². The van der Waals surface area contributed by atoms with Gasteiger partial charge in [0.1, 0.15) is 5.70 Å². The Kier molecular flexibility index (Phi) is 6.34. The predicted octanol–water partition coefficient (Wildman–Crippen LogP) is 6.21. The first-order valence-corrected chi connectivity index (χ1v) is 10.5. The summed E-state index contributed by atoms with van der Waals surface area (Å²) >= 11 is 5.94. The first-order valence-electron chi connectivity index (χ1n) is 10.1. The molecule has 0 atom stereocenters. The molecular weight excluding hydrogens is 420 g/mol. The number of halogens is 1. The van der Waals surface area contributed by atoms with E-state index in [4.69, 9.17) is 11.6 Å². The highest BCUT2D eigenvalue weighted by atomic mass is 35.5. The minimum atomic E-state index is -0.430. The zero-order valence-electron chi connectivity index (χ0n) is 17.4. The number of carbonyl (C=O) groups excluding carboxylic acids is 2. The highest BCUT2D eigenvalue weighted by Crippen LogP contribution is 2.21. The summed E-state index contributed by atoms with van der Waals surface area (Å²) in [5, 5.41) is 8.20. The summed E-state index contributed by atoms with van der Waals surface area (Å²) in [4.78, 5) is 26.0. The van der Waals surface area contributed by atoms with Crippen LogP contribution < -0.4 is 10.6 Å². The predicted molar refractivity (Wildman–Crippen MR) is 131 cm³/mol. The molecule has 0 aromatic heterocycles. The van der Waals surface area contributed by atoms with Gasteiger partial charge >= 0.3 is 0 Å². The summed E-state index contributed by atoms with van der Waals surface area (Å²) in [7, 11) is 0. The minimum Gasteiger partial charge on any atom is -0.321 e. The van der Waals surface area contributed by atoms with Crippen LogP contribution in [0.25, 0.3) is 16.8 Å². The van der Waals surface area contributed by atoms with E-state index in [1.54, 1.807) is 42.5 Å². The summed E-state index contributed by atoms with van der Waals surface area (Å²) in [6, 6.07) is 27.7. The number of rotatable bonds is 5. The number of nitrogens with one attached hydrogen (secondary N) is 2. The van der Waals surface area contributed by atoms with Crippen LogP contribution in [0.4, 0.5) is 5.69 Å². The van der Waals surface area contributed by atoms with Gasteiger partial charge in [-0.2, -0.15) is 0 Å². The number of amides is 2. The normalized spacial score (nSPS) is 11.2. The van der Waals surface area contributed by atoms with Crippen LogP contribution in [-0.4, -0.2) is 11.8 Å². The van der Waals surface area contributed by atoms with Gasteiger partial charge in [0.25, 0.3) is 11.8 Å². The fourth-order valence-corrected chi connectivity index (χ4v) is 3.45. The Morgan fingerprint density at radius 3 is 2.25 bits per heavy atom. The SMILES string of the molecule is Cc1ccc(C(=O)N/C(=C\c2cccc3ccccc23)C(=O)Nc2ccc(Cl)cc2)cc1. The number of fused-ring (bicyclic) bond motifs is 1. The molecule has 0 saturated carbocycles. The lowest BCUT2D eigenvalue weighted by Crippen LogP contribution is -2.30. The largest absolute Gasteiger partial charge is 0.321 e. The van der Waals surface area contributed by atoms with Gasteiger partial charge in [-0.15, -0.1) is 0 Å². The van der Waals surface area contributed by atoms with Crippen molar-refractivity contribution < 1.29 is 9.59 Å². The second kappa shape index (κ2) is 9.50. The third-order valence-electron chi connectivity index (χ3n) is 5.03. The van der Waals surface area contributed by atoms with E-state index in [9.17, 15) is 9.59 Å². The van der Waals surface area contributed by atoms with Crippen molar-refractivity contribution in [3.05, 3.63) is 118 Å². The molecule has 0 saturated heterocycles. The van der Waals surface area contributed by atoms with Gasteiger partial charge in [0.2, 0.25) is 0 Å². The average molecular weight is 441 g/mol. The van der Waals surface area contributed by atoms with Crippen LogP contribution in [0.2, 0.25) is 5.02 Å². The molecule has 0 aliphatic carbocycles. The molecular formula is C27H21ClN2O2. The monoisotopic (exact) mass is 440 g/mol. The molecule has 0 radical (unpaired) electrons. The van der Waals surface area contributed by atoms with Crippen molar-refractivity contribution in [2.24, 2.45) is 0 Å². The van der Waals surface area contributed by atoms with Gasteiger partial charge in [0, 0.05) is 16.3 Å². The summed E-state index contributed by atoms with van der Waals surface area (Å²) < 4.78 is 0. The molecule has 0 unspecified atom stereocenters. The van der Waals surface area contributed by atoms with Crippen molar-refractivity contribution in [1.29, 1.82) is 0 Å². The molecule has 0 heterocycles. The molecule has 4 rings (SSSR count). The molecule has 5 heteroatoms. The standard InChI is InChI=1S/C27H21ClN2O2/c1-18-9-11-20(12-10-18)26(31)30-25(27(32)29-23-15-13-22(28)14-16-23)17-21-7-4-6-19-5-2-3-8-24(19)21/h2-17H,1H3,(H,29,32)(H,30,31)/b25-17-. The summed E-state index contributed by atoms with van der Waals surface area (Å²) in [5.41, 5.74) is 3.07. The average Bonchev–Trinajstić information content (AvgIpc) is 2.80. The van der Waals surface area contributed by atoms with E-state index >= 15 is 0 Å². The zero-order valence-corrected chi connectivity index (χ0v) is 18.2. The second-order valence-corrected chi connectivity index (χ2v) is 7.84. The van der Waals surface area contributed by atoms with Crippen LogP contribution >= 0.6 is 11.6 Å². The molecule has 4 nitrogen and oxygen atoms in total. The Labute approximate surface area is 191 Å². The quantitative estimate of drug-likeness (QED) is 0.362. The molecule has 4 aromatic carbocycles. The third kappa shape index (κ3) is 5.05. The number of hydrogen-bond acceptors (Lipinski definition) is 2. The van der Waals surface area contributed by atoms with Crippen molar-refractivity contribution in [2.75, 3.05) is 5.32 Å². The van der Waals surface area contributed by atoms with Crippen molar-refractivity contribution in [3.63, 3.8) is 0 Å². The lowest BCUT2D eigenvalue weighted by atomic mass is 10.0. The number of carbonyl (C=O) groups is 2. The fraction of sp³-hybridized carbons (Fsp3) is 0.0370. The molecule has 2 N–H and O–H groups in total. The van der Waals surface area contributed by atoms with Gasteiger partial charge in [-0.25, -0.2) is 0 Å². The summed E-state index contributed by atoms with van der Waals surface area (Å²) in [6.07, 6.45) is 1.69. The van der Waals surface area contributed by atoms with Crippen molar-refractivity contribution >= 4 is 46.0 Å². The van der Waals surface area contributed by atoms with Crippen LogP contribution in [0.3, 0.4) is 0 Å². The Morgan fingerprint density at radius 1 is 0.812 bits per heavy atom. The van der Waals surface area contributed by atoms with Crippen molar-refractivity contribution in [2.45, 2.75) is 6.92 Å². The van der Waals surface area contributed by atoms with Gasteiger partial charge in [0.05, 0.1) is 0 Å². The van der Waals surface area contributed by atoms with Crippen LogP contribution in [0.5, 0.6) is 0 Å². The second-order valence-electron chi connectivity index (χ2n) is 7.41. The zero-order chi connectivity index (χ0) is 22.5. The third-order valence-corrected chi connectivity index (χ3v) is 5.28. The van der Waals surface area contributed by atoms with Gasteiger partial charge in [0.15, 0.2) is 0 Å². The Hall–Kier alpha value is -3.89. The topological polar surface area (TPSA) is 58.2 Å². The number of benzene rings is 4. The molecule has 0 bridgehead atoms. The lowest BCUT2D eigenvalue weighted by Gasteiger charge is -2.12.